The van der Waals surface area contributed by atoms with Crippen molar-refractivity contribution in [2.75, 3.05) is 5.32 Å². The lowest BCUT2D eigenvalue weighted by Gasteiger charge is -2.09. The SMILES string of the molecule is O=C(Cn1cnc2ccccc2c1=O)Nc1ccc(Sc2ccc(Br)cc2)cc1. The summed E-state index contributed by atoms with van der Waals surface area (Å²) in [4.78, 5) is 31.3. The maximum atomic E-state index is 12.5. The molecule has 0 atom stereocenters. The minimum Gasteiger partial charge on any atom is -0.325 e. The van der Waals surface area contributed by atoms with E-state index in [1.54, 1.807) is 30.0 Å². The van der Waals surface area contributed by atoms with Crippen molar-refractivity contribution in [1.29, 1.82) is 0 Å². The van der Waals surface area contributed by atoms with Gasteiger partial charge in [-0.3, -0.25) is 14.2 Å². The van der Waals surface area contributed by atoms with Gasteiger partial charge in [0.1, 0.15) is 6.54 Å². The number of anilines is 1. The highest BCUT2D eigenvalue weighted by Crippen LogP contribution is 2.29. The van der Waals surface area contributed by atoms with E-state index in [9.17, 15) is 9.59 Å². The third-order valence-electron chi connectivity index (χ3n) is 4.23. The number of nitrogens with zero attached hydrogens (tertiary/aromatic N) is 2. The Bertz CT molecular complexity index is 1220. The van der Waals surface area contributed by atoms with Gasteiger partial charge in [0.15, 0.2) is 0 Å². The summed E-state index contributed by atoms with van der Waals surface area (Å²) < 4.78 is 2.36. The first-order valence-electron chi connectivity index (χ1n) is 8.86. The van der Waals surface area contributed by atoms with E-state index in [2.05, 4.69) is 26.2 Å². The largest absolute Gasteiger partial charge is 0.325 e. The monoisotopic (exact) mass is 465 g/mol. The molecule has 0 bridgehead atoms. The Morgan fingerprint density at radius 3 is 2.34 bits per heavy atom. The molecule has 0 unspecified atom stereocenters. The van der Waals surface area contributed by atoms with Crippen LogP contribution in [0.3, 0.4) is 0 Å². The molecule has 29 heavy (non-hydrogen) atoms. The molecule has 0 saturated carbocycles. The van der Waals surface area contributed by atoms with E-state index in [1.165, 1.54) is 10.9 Å². The zero-order chi connectivity index (χ0) is 20.2. The van der Waals surface area contributed by atoms with Crippen LogP contribution in [0.25, 0.3) is 10.9 Å². The van der Waals surface area contributed by atoms with Crippen LogP contribution in [0.1, 0.15) is 0 Å². The Labute approximate surface area is 179 Å². The topological polar surface area (TPSA) is 64.0 Å². The number of amides is 1. The lowest BCUT2D eigenvalue weighted by Crippen LogP contribution is -2.27. The van der Waals surface area contributed by atoms with Gasteiger partial charge < -0.3 is 5.32 Å². The number of hydrogen-bond acceptors (Lipinski definition) is 4. The predicted molar refractivity (Wildman–Crippen MR) is 119 cm³/mol. The van der Waals surface area contributed by atoms with Crippen molar-refractivity contribution < 1.29 is 4.79 Å². The molecule has 3 aromatic carbocycles. The number of nitrogens with one attached hydrogen (secondary N) is 1. The fraction of sp³-hybridized carbons (Fsp3) is 0.0455. The Morgan fingerprint density at radius 2 is 1.62 bits per heavy atom. The maximum absolute atomic E-state index is 12.5. The van der Waals surface area contributed by atoms with Gasteiger partial charge in [-0.25, -0.2) is 4.98 Å². The first kappa shape index (κ1) is 19.4. The lowest BCUT2D eigenvalue weighted by molar-refractivity contribution is -0.116. The molecular weight excluding hydrogens is 450 g/mol. The van der Waals surface area contributed by atoms with Gasteiger partial charge in [0.25, 0.3) is 5.56 Å². The summed E-state index contributed by atoms with van der Waals surface area (Å²) in [6.45, 7) is -0.0912. The van der Waals surface area contributed by atoms with Crippen LogP contribution in [0.5, 0.6) is 0 Å². The molecule has 1 heterocycles. The van der Waals surface area contributed by atoms with Gasteiger partial charge in [0, 0.05) is 20.0 Å². The minimum atomic E-state index is -0.280. The van der Waals surface area contributed by atoms with Gasteiger partial charge in [0.05, 0.1) is 17.2 Å². The van der Waals surface area contributed by atoms with Gasteiger partial charge in [-0.2, -0.15) is 0 Å². The first-order valence-corrected chi connectivity index (χ1v) is 10.5. The van der Waals surface area contributed by atoms with Gasteiger partial charge in [-0.05, 0) is 60.7 Å². The second-order valence-corrected chi connectivity index (χ2v) is 8.39. The van der Waals surface area contributed by atoms with Crippen molar-refractivity contribution in [2.45, 2.75) is 16.3 Å². The Morgan fingerprint density at radius 1 is 0.966 bits per heavy atom. The van der Waals surface area contributed by atoms with E-state index < -0.39 is 0 Å². The third-order valence-corrected chi connectivity index (χ3v) is 5.78. The number of aromatic nitrogens is 2. The van der Waals surface area contributed by atoms with Crippen LogP contribution in [-0.4, -0.2) is 15.5 Å². The van der Waals surface area contributed by atoms with Crippen molar-refractivity contribution in [3.05, 3.63) is 94.0 Å². The maximum Gasteiger partial charge on any atom is 0.261 e. The molecule has 1 aromatic heterocycles. The average molecular weight is 466 g/mol. The van der Waals surface area contributed by atoms with Crippen LogP contribution in [0.2, 0.25) is 0 Å². The van der Waals surface area contributed by atoms with E-state index in [0.717, 1.165) is 14.3 Å². The number of carbonyl (C=O) groups excluding carboxylic acids is 1. The lowest BCUT2D eigenvalue weighted by atomic mass is 10.2. The standard InChI is InChI=1S/C22H16BrN3O2S/c23-15-5-9-17(10-6-15)29-18-11-7-16(8-12-18)25-21(27)13-26-14-24-20-4-2-1-3-19(20)22(26)28/h1-12,14H,13H2,(H,25,27). The molecule has 0 spiro atoms. The van der Waals surface area contributed by atoms with Crippen molar-refractivity contribution in [1.82, 2.24) is 9.55 Å². The smallest absolute Gasteiger partial charge is 0.261 e. The number of benzene rings is 3. The highest BCUT2D eigenvalue weighted by atomic mass is 79.9. The summed E-state index contributed by atoms with van der Waals surface area (Å²) >= 11 is 5.07. The molecule has 0 saturated heterocycles. The van der Waals surface area contributed by atoms with Gasteiger partial charge in [-0.1, -0.05) is 39.8 Å². The number of para-hydroxylation sites is 1. The molecule has 1 N–H and O–H groups in total. The van der Waals surface area contributed by atoms with Crippen LogP contribution in [0, 0.1) is 0 Å². The van der Waals surface area contributed by atoms with E-state index >= 15 is 0 Å². The van der Waals surface area contributed by atoms with Crippen molar-refractivity contribution in [3.8, 4) is 0 Å². The Kier molecular flexibility index (Phi) is 5.78. The zero-order valence-electron chi connectivity index (χ0n) is 15.2. The van der Waals surface area contributed by atoms with E-state index in [-0.39, 0.29) is 18.0 Å². The highest BCUT2D eigenvalue weighted by Gasteiger charge is 2.08. The van der Waals surface area contributed by atoms with Crippen molar-refractivity contribution >= 4 is 50.2 Å². The van der Waals surface area contributed by atoms with Gasteiger partial charge >= 0.3 is 0 Å². The van der Waals surface area contributed by atoms with E-state index in [1.807, 2.05) is 54.6 Å². The molecule has 5 nitrogen and oxygen atoms in total. The number of hydrogen-bond donors (Lipinski definition) is 1. The molecule has 7 heteroatoms. The minimum absolute atomic E-state index is 0.0912. The number of halogens is 1. The molecule has 144 valence electrons. The molecule has 4 aromatic rings. The zero-order valence-corrected chi connectivity index (χ0v) is 17.6. The fourth-order valence-corrected chi connectivity index (χ4v) is 3.90. The van der Waals surface area contributed by atoms with Crippen LogP contribution in [0.4, 0.5) is 5.69 Å². The van der Waals surface area contributed by atoms with Crippen LogP contribution in [0.15, 0.2) is 98.2 Å². The predicted octanol–water partition coefficient (Wildman–Crippen LogP) is 4.95. The summed E-state index contributed by atoms with van der Waals surface area (Å²) in [5.41, 5.74) is 1.07. The highest BCUT2D eigenvalue weighted by molar-refractivity contribution is 9.10. The normalized spacial score (nSPS) is 10.8. The van der Waals surface area contributed by atoms with Crippen molar-refractivity contribution in [3.63, 3.8) is 0 Å². The van der Waals surface area contributed by atoms with Crippen LogP contribution in [-0.2, 0) is 11.3 Å². The molecular formula is C22H16BrN3O2S. The summed E-state index contributed by atoms with van der Waals surface area (Å²) in [5, 5.41) is 3.32. The van der Waals surface area contributed by atoms with E-state index in [4.69, 9.17) is 0 Å². The first-order chi connectivity index (χ1) is 14.1. The average Bonchev–Trinajstić information content (AvgIpc) is 2.73. The molecule has 0 aliphatic heterocycles. The third kappa shape index (κ3) is 4.75. The molecule has 0 aliphatic carbocycles. The molecule has 4 rings (SSSR count). The summed E-state index contributed by atoms with van der Waals surface area (Å²) in [6, 6.07) is 22.8. The van der Waals surface area contributed by atoms with Gasteiger partial charge in [0.2, 0.25) is 5.91 Å². The summed E-state index contributed by atoms with van der Waals surface area (Å²) in [6.07, 6.45) is 1.40. The Balaban J connectivity index is 1.41. The van der Waals surface area contributed by atoms with Crippen LogP contribution >= 0.6 is 27.7 Å². The second kappa shape index (κ2) is 8.63. The van der Waals surface area contributed by atoms with Crippen LogP contribution < -0.4 is 10.9 Å². The summed E-state index contributed by atoms with van der Waals surface area (Å²) in [7, 11) is 0. The molecule has 1 amide bonds. The van der Waals surface area contributed by atoms with Gasteiger partial charge in [-0.15, -0.1) is 0 Å². The molecule has 0 fully saturated rings. The van der Waals surface area contributed by atoms with Crippen molar-refractivity contribution in [2.24, 2.45) is 0 Å². The number of fused-ring (bicyclic) bond motifs is 1. The quantitative estimate of drug-likeness (QED) is 0.452. The number of rotatable bonds is 5. The second-order valence-electron chi connectivity index (χ2n) is 6.32. The Hall–Kier alpha value is -2.90. The summed E-state index contributed by atoms with van der Waals surface area (Å²) in [5.74, 6) is -0.280. The van der Waals surface area contributed by atoms with E-state index in [0.29, 0.717) is 16.6 Å². The fourth-order valence-electron chi connectivity index (χ4n) is 2.82. The molecule has 0 radical (unpaired) electrons. The number of carbonyl (C=O) groups is 1. The molecule has 0 aliphatic rings.